The third-order valence-corrected chi connectivity index (χ3v) is 26.7. The van der Waals surface area contributed by atoms with Crippen molar-refractivity contribution in [2.24, 2.45) is 53.3 Å². The normalized spacial score (nSPS) is 23.6. The van der Waals surface area contributed by atoms with E-state index in [4.69, 9.17) is 0 Å². The summed E-state index contributed by atoms with van der Waals surface area (Å²) in [4.78, 5) is 0. The Bertz CT molecular complexity index is 2760. The van der Waals surface area contributed by atoms with E-state index in [1.165, 1.54) is 72.1 Å². The molecule has 4 aromatic carbocycles. The van der Waals surface area contributed by atoms with Crippen molar-refractivity contribution in [2.45, 2.75) is 320 Å². The lowest BCUT2D eigenvalue weighted by molar-refractivity contribution is -0.373. The summed E-state index contributed by atoms with van der Waals surface area (Å²) in [6.07, 6.45) is -6.72. The minimum atomic E-state index is -5.69. The molecule has 1 N–H and O–H groups in total. The predicted octanol–water partition coefficient (Wildman–Crippen LogP) is 26.0. The molecule has 4 saturated carbocycles. The Hall–Kier alpha value is -3.36. The van der Waals surface area contributed by atoms with Gasteiger partial charge in [-0.15, -0.1) is 0 Å². The molecule has 0 heterocycles. The Morgan fingerprint density at radius 3 is 1.07 bits per heavy atom. The van der Waals surface area contributed by atoms with Crippen molar-refractivity contribution >= 4 is 26.5 Å². The summed E-state index contributed by atoms with van der Waals surface area (Å²) in [5.41, 5.74) is 5.90. The number of alkyl halides is 9. The number of hydrogen-bond acceptors (Lipinski definition) is 1. The fraction of sp³-hybridized carbons (Fsp3) is 0.707. The Labute approximate surface area is 570 Å². The fourth-order valence-electron chi connectivity index (χ4n) is 14.1. The summed E-state index contributed by atoms with van der Waals surface area (Å²) in [5.74, 6) is 6.30. The topological polar surface area (TPSA) is 20.2 Å². The standard InChI is InChI=1S/C18H30.C16H30Si2.C14H22.C13H18F6O.C12H15F3.C9H16/c2*1-9-13(2)14-10-15(17(3,4)5)12-16(11-14)18(6,7)8;1-6-11(2)12-7-9-13(10-8-12)14(3,4)5;1-6-7(2)10-4-8(6)3-9(10)5-11(20,12(14,15)16)13(17,18)19;1-4-9(3)10-5-8(2)6-11(7-10)12(13,14)15;1-6-7(2)9-4-3-8(6)5-9/h2*10-13H,9H2,1-8H3;7-11H,6H2,1-5H3;6-10,20H,3-5H2,1-2H3;5-7,9H,4H2,1-3H3;6-9H,3-5H2,1-2H3. The first-order valence-corrected chi connectivity index (χ1v) is 43.0. The molecule has 94 heavy (non-hydrogen) atoms. The number of aryl methyl sites for hydroxylation is 1. The van der Waals surface area contributed by atoms with Crippen LogP contribution < -0.4 is 10.4 Å². The number of aliphatic hydroxyl groups is 1. The molecule has 13 atom stereocenters. The number of hydrogen-bond donors (Lipinski definition) is 1. The third kappa shape index (κ3) is 23.4. The third-order valence-electron chi connectivity index (χ3n) is 22.7. The van der Waals surface area contributed by atoms with Gasteiger partial charge >= 0.3 is 18.5 Å². The molecule has 12 heteroatoms. The van der Waals surface area contributed by atoms with Gasteiger partial charge in [-0.05, 0) is 215 Å². The Kier molecular flexibility index (Phi) is 30.0. The maximum atomic E-state index is 12.7. The average molecular weight is 1360 g/mol. The van der Waals surface area contributed by atoms with Crippen molar-refractivity contribution in [1.29, 1.82) is 0 Å². The molecule has 0 spiro atoms. The Balaban J connectivity index is 0.000000298. The first-order valence-electron chi connectivity index (χ1n) is 36.0. The molecule has 0 amide bonds. The van der Waals surface area contributed by atoms with Crippen LogP contribution in [0.25, 0.3) is 0 Å². The van der Waals surface area contributed by atoms with Crippen molar-refractivity contribution in [3.8, 4) is 0 Å². The molecule has 8 rings (SSSR count). The van der Waals surface area contributed by atoms with Gasteiger partial charge in [-0.25, -0.2) is 0 Å². The van der Waals surface area contributed by atoms with Crippen molar-refractivity contribution in [3.63, 3.8) is 0 Å². The lowest BCUT2D eigenvalue weighted by atomic mass is 9.72. The predicted molar refractivity (Wildman–Crippen MR) is 391 cm³/mol. The van der Waals surface area contributed by atoms with Crippen LogP contribution in [0.3, 0.4) is 0 Å². The summed E-state index contributed by atoms with van der Waals surface area (Å²) in [5, 5.41) is 12.5. The van der Waals surface area contributed by atoms with Crippen LogP contribution in [0.4, 0.5) is 39.5 Å². The zero-order chi connectivity index (χ0) is 72.6. The number of rotatable bonds is 12. The van der Waals surface area contributed by atoms with Gasteiger partial charge in [0.15, 0.2) is 0 Å². The second kappa shape index (κ2) is 33.2. The molecule has 4 aliphatic carbocycles. The van der Waals surface area contributed by atoms with E-state index < -0.39 is 58.2 Å². The molecule has 4 aromatic rings. The first kappa shape index (κ1) is 84.9. The Morgan fingerprint density at radius 2 is 0.766 bits per heavy atom. The summed E-state index contributed by atoms with van der Waals surface area (Å²) in [7, 11) is -2.42. The van der Waals surface area contributed by atoms with Gasteiger partial charge < -0.3 is 5.11 Å². The van der Waals surface area contributed by atoms with Crippen LogP contribution in [0.1, 0.15) is 283 Å². The zero-order valence-electron chi connectivity index (χ0n) is 63.9. The maximum absolute atomic E-state index is 12.7. The lowest BCUT2D eigenvalue weighted by Crippen LogP contribution is -2.58. The van der Waals surface area contributed by atoms with E-state index in [1.54, 1.807) is 29.3 Å². The smallest absolute Gasteiger partial charge is 0.374 e. The van der Waals surface area contributed by atoms with Gasteiger partial charge in [0.25, 0.3) is 5.60 Å². The van der Waals surface area contributed by atoms with Gasteiger partial charge in [0.1, 0.15) is 0 Å². The van der Waals surface area contributed by atoms with Gasteiger partial charge in [-0.1, -0.05) is 267 Å². The van der Waals surface area contributed by atoms with Crippen molar-refractivity contribution < 1.29 is 44.6 Å². The number of halogens is 9. The number of benzene rings is 4. The molecule has 0 aliphatic heterocycles. The van der Waals surface area contributed by atoms with Crippen LogP contribution in [-0.2, 0) is 22.4 Å². The maximum Gasteiger partial charge on any atom is 0.426 e. The van der Waals surface area contributed by atoms with Gasteiger partial charge in [0, 0.05) is 0 Å². The van der Waals surface area contributed by atoms with Crippen LogP contribution in [0, 0.1) is 60.2 Å². The largest absolute Gasteiger partial charge is 0.426 e. The van der Waals surface area contributed by atoms with Crippen LogP contribution in [0.5, 0.6) is 0 Å². The van der Waals surface area contributed by atoms with Gasteiger partial charge in [0.05, 0.1) is 21.7 Å². The monoisotopic (exact) mass is 1360 g/mol. The summed E-state index contributed by atoms with van der Waals surface area (Å²) in [6.45, 7) is 63.4. The van der Waals surface area contributed by atoms with Gasteiger partial charge in [0.2, 0.25) is 0 Å². The molecule has 4 aliphatic rings. The van der Waals surface area contributed by atoms with Crippen molar-refractivity contribution in [2.75, 3.05) is 0 Å². The van der Waals surface area contributed by atoms with E-state index >= 15 is 0 Å². The van der Waals surface area contributed by atoms with E-state index in [-0.39, 0.29) is 39.9 Å². The second-order valence-corrected chi connectivity index (χ2v) is 45.1. The summed E-state index contributed by atoms with van der Waals surface area (Å²) in [6, 6.07) is 28.0. The highest BCUT2D eigenvalue weighted by atomic mass is 28.3. The van der Waals surface area contributed by atoms with Gasteiger partial charge in [-0.2, -0.15) is 39.5 Å². The minimum absolute atomic E-state index is 0.115. The van der Waals surface area contributed by atoms with E-state index in [2.05, 4.69) is 218 Å². The van der Waals surface area contributed by atoms with E-state index in [0.717, 1.165) is 35.7 Å². The molecular formula is C82H131F9OSi2. The van der Waals surface area contributed by atoms with Crippen LogP contribution >= 0.6 is 0 Å². The Morgan fingerprint density at radius 1 is 0.415 bits per heavy atom. The zero-order valence-corrected chi connectivity index (χ0v) is 65.9. The highest BCUT2D eigenvalue weighted by Crippen LogP contribution is 2.59. The first-order chi connectivity index (χ1) is 42.6. The molecule has 4 fully saturated rings. The fourth-order valence-corrected chi connectivity index (χ4v) is 16.6. The second-order valence-electron chi connectivity index (χ2n) is 34.9. The molecule has 0 saturated heterocycles. The molecule has 536 valence electrons. The van der Waals surface area contributed by atoms with Crippen molar-refractivity contribution in [1.82, 2.24) is 0 Å². The van der Waals surface area contributed by atoms with E-state index in [1.807, 2.05) is 33.8 Å². The quantitative estimate of drug-likeness (QED) is 0.111. The van der Waals surface area contributed by atoms with E-state index in [0.29, 0.717) is 42.1 Å². The van der Waals surface area contributed by atoms with Crippen LogP contribution in [-0.4, -0.2) is 39.2 Å². The molecule has 4 bridgehead atoms. The molecule has 1 nitrogen and oxygen atoms in total. The SMILES string of the molecule is CC1C2CC(CC(O)(C(F)(F)F)C(F)(F)F)C(C2)C1C.CC1C2CCC(C2)C1C.CCC(C)c1cc(C(C)(C)C)cc(C(C)(C)C)c1.CCC(C)c1cc(C)cc(C(F)(F)F)c1.CCC(C)c1cc([Si](C)(C)C)cc([Si](C)(C)C)c1.CCC(C)c1ccc(C(C)(C)C)cc1. The van der Waals surface area contributed by atoms with Crippen molar-refractivity contribution in [3.05, 3.63) is 129 Å². The summed E-state index contributed by atoms with van der Waals surface area (Å²) < 4.78 is 114. The highest BCUT2D eigenvalue weighted by molar-refractivity contribution is 6.91. The number of fused-ring (bicyclic) bond motifs is 4. The highest BCUT2D eigenvalue weighted by Gasteiger charge is 2.71. The van der Waals surface area contributed by atoms with Gasteiger partial charge in [-0.3, -0.25) is 0 Å². The summed E-state index contributed by atoms with van der Waals surface area (Å²) >= 11 is 0. The van der Waals surface area contributed by atoms with Crippen LogP contribution in [0.2, 0.25) is 39.3 Å². The molecular weight excluding hydrogens is 1230 g/mol. The molecule has 0 radical (unpaired) electrons. The van der Waals surface area contributed by atoms with Crippen LogP contribution in [0.15, 0.2) is 78.9 Å². The minimum Gasteiger partial charge on any atom is -0.374 e. The average Bonchev–Trinajstić information content (AvgIpc) is 1.47. The lowest BCUT2D eigenvalue weighted by Gasteiger charge is -2.39. The van der Waals surface area contributed by atoms with E-state index in [9.17, 15) is 44.6 Å². The molecule has 0 aromatic heterocycles. The molecule has 13 unspecified atom stereocenters.